The molecule has 19 heavy (non-hydrogen) atoms. The molecule has 1 aromatic heterocycles. The van der Waals surface area contributed by atoms with Gasteiger partial charge < -0.3 is 5.32 Å². The molecule has 2 rings (SSSR count). The van der Waals surface area contributed by atoms with Gasteiger partial charge in [-0.1, -0.05) is 35.3 Å². The molecule has 2 aromatic rings. The maximum atomic E-state index is 6.29. The lowest BCUT2D eigenvalue weighted by molar-refractivity contribution is 0.551. The van der Waals surface area contributed by atoms with Crippen molar-refractivity contribution in [1.82, 2.24) is 20.3 Å². The molecular weight excluding hydrogens is 283 g/mol. The van der Waals surface area contributed by atoms with E-state index < -0.39 is 0 Å². The Hall–Kier alpha value is -1.10. The quantitative estimate of drug-likeness (QED) is 0.922. The first-order valence-corrected chi connectivity index (χ1v) is 6.92. The van der Waals surface area contributed by atoms with Crippen molar-refractivity contribution in [1.29, 1.82) is 0 Å². The first kappa shape index (κ1) is 14.3. The van der Waals surface area contributed by atoms with Gasteiger partial charge in [-0.2, -0.15) is 0 Å². The van der Waals surface area contributed by atoms with Crippen molar-refractivity contribution in [3.05, 3.63) is 45.7 Å². The second-order valence-electron chi connectivity index (χ2n) is 4.34. The lowest BCUT2D eigenvalue weighted by Gasteiger charge is -2.20. The standard InChI is InChI=1S/C13H16Cl2N4/c1-3-6-16-13(12-8-17-18-19(12)2)10-7-9(14)4-5-11(10)15/h4-5,7-8,13,16H,3,6H2,1-2H3. The molecular formula is C13H16Cl2N4. The normalized spacial score (nSPS) is 12.6. The minimum Gasteiger partial charge on any atom is -0.305 e. The minimum atomic E-state index is -0.0638. The maximum Gasteiger partial charge on any atom is 0.0799 e. The molecule has 0 amide bonds. The van der Waals surface area contributed by atoms with Crippen molar-refractivity contribution in [2.45, 2.75) is 19.4 Å². The summed E-state index contributed by atoms with van der Waals surface area (Å²) < 4.78 is 1.74. The highest BCUT2D eigenvalue weighted by Gasteiger charge is 2.20. The highest BCUT2D eigenvalue weighted by Crippen LogP contribution is 2.30. The van der Waals surface area contributed by atoms with Gasteiger partial charge in [0.15, 0.2) is 0 Å². The number of aromatic nitrogens is 3. The summed E-state index contributed by atoms with van der Waals surface area (Å²) in [7, 11) is 1.86. The molecule has 102 valence electrons. The molecule has 0 fully saturated rings. The molecule has 0 radical (unpaired) electrons. The first-order valence-electron chi connectivity index (χ1n) is 6.16. The summed E-state index contributed by atoms with van der Waals surface area (Å²) in [5, 5.41) is 12.7. The molecule has 0 saturated carbocycles. The Balaban J connectivity index is 2.42. The molecule has 1 N–H and O–H groups in total. The second-order valence-corrected chi connectivity index (χ2v) is 5.18. The Morgan fingerprint density at radius 1 is 1.37 bits per heavy atom. The van der Waals surface area contributed by atoms with Gasteiger partial charge in [0.1, 0.15) is 0 Å². The Labute approximate surface area is 122 Å². The number of hydrogen-bond donors (Lipinski definition) is 1. The molecule has 0 bridgehead atoms. The van der Waals surface area contributed by atoms with Crippen molar-refractivity contribution in [2.75, 3.05) is 6.54 Å². The van der Waals surface area contributed by atoms with Gasteiger partial charge in [-0.15, -0.1) is 5.10 Å². The molecule has 6 heteroatoms. The molecule has 0 spiro atoms. The maximum absolute atomic E-state index is 6.29. The van der Waals surface area contributed by atoms with Crippen molar-refractivity contribution in [2.24, 2.45) is 7.05 Å². The zero-order valence-electron chi connectivity index (χ0n) is 10.9. The summed E-state index contributed by atoms with van der Waals surface area (Å²) >= 11 is 12.4. The molecule has 1 aromatic carbocycles. The van der Waals surface area contributed by atoms with Gasteiger partial charge in [0.25, 0.3) is 0 Å². The smallest absolute Gasteiger partial charge is 0.0799 e. The van der Waals surface area contributed by atoms with Crippen LogP contribution in [0.25, 0.3) is 0 Å². The van der Waals surface area contributed by atoms with Crippen molar-refractivity contribution in [3.8, 4) is 0 Å². The van der Waals surface area contributed by atoms with Gasteiger partial charge in [0.05, 0.1) is 17.9 Å². The van der Waals surface area contributed by atoms with E-state index in [0.717, 1.165) is 24.2 Å². The van der Waals surface area contributed by atoms with E-state index in [0.29, 0.717) is 10.0 Å². The zero-order valence-corrected chi connectivity index (χ0v) is 12.4. The largest absolute Gasteiger partial charge is 0.305 e. The van der Waals surface area contributed by atoms with Crippen LogP contribution < -0.4 is 5.32 Å². The SMILES string of the molecule is CCCNC(c1cc(Cl)ccc1Cl)c1cnnn1C. The zero-order chi connectivity index (χ0) is 13.8. The van der Waals surface area contributed by atoms with Crippen LogP contribution >= 0.6 is 23.2 Å². The van der Waals surface area contributed by atoms with E-state index in [1.807, 2.05) is 19.2 Å². The summed E-state index contributed by atoms with van der Waals surface area (Å²) in [5.41, 5.74) is 1.89. The van der Waals surface area contributed by atoms with Crippen LogP contribution in [0.3, 0.4) is 0 Å². The van der Waals surface area contributed by atoms with Crippen LogP contribution in [0.5, 0.6) is 0 Å². The third-order valence-corrected chi connectivity index (χ3v) is 3.49. The van der Waals surface area contributed by atoms with E-state index in [2.05, 4.69) is 22.6 Å². The van der Waals surface area contributed by atoms with Crippen molar-refractivity contribution >= 4 is 23.2 Å². The van der Waals surface area contributed by atoms with Crippen LogP contribution in [0.15, 0.2) is 24.4 Å². The van der Waals surface area contributed by atoms with Crippen LogP contribution in [0, 0.1) is 0 Å². The number of nitrogens with zero attached hydrogens (tertiary/aromatic N) is 3. The van der Waals surface area contributed by atoms with E-state index in [4.69, 9.17) is 23.2 Å². The predicted molar refractivity (Wildman–Crippen MR) is 77.6 cm³/mol. The van der Waals surface area contributed by atoms with Crippen LogP contribution in [0.2, 0.25) is 10.0 Å². The summed E-state index contributed by atoms with van der Waals surface area (Å²) in [6.45, 7) is 2.99. The van der Waals surface area contributed by atoms with Gasteiger partial charge in [0.2, 0.25) is 0 Å². The third-order valence-electron chi connectivity index (χ3n) is 2.91. The Bertz CT molecular complexity index is 553. The van der Waals surface area contributed by atoms with E-state index >= 15 is 0 Å². The number of rotatable bonds is 5. The number of benzene rings is 1. The fourth-order valence-corrected chi connectivity index (χ4v) is 2.36. The number of nitrogens with one attached hydrogen (secondary N) is 1. The van der Waals surface area contributed by atoms with Gasteiger partial charge >= 0.3 is 0 Å². The van der Waals surface area contributed by atoms with E-state index in [1.165, 1.54) is 0 Å². The number of halogens is 2. The van der Waals surface area contributed by atoms with Gasteiger partial charge in [-0.05, 0) is 36.7 Å². The van der Waals surface area contributed by atoms with E-state index in [-0.39, 0.29) is 6.04 Å². The van der Waals surface area contributed by atoms with Gasteiger partial charge in [-0.25, -0.2) is 0 Å². The summed E-state index contributed by atoms with van der Waals surface area (Å²) in [6, 6.07) is 5.41. The van der Waals surface area contributed by atoms with Crippen LogP contribution in [0.4, 0.5) is 0 Å². The number of aryl methyl sites for hydroxylation is 1. The molecule has 0 saturated heterocycles. The summed E-state index contributed by atoms with van der Waals surface area (Å²) in [6.07, 6.45) is 2.77. The van der Waals surface area contributed by atoms with Crippen molar-refractivity contribution in [3.63, 3.8) is 0 Å². The molecule has 4 nitrogen and oxygen atoms in total. The van der Waals surface area contributed by atoms with Crippen LogP contribution in [-0.2, 0) is 7.05 Å². The summed E-state index contributed by atoms with van der Waals surface area (Å²) in [4.78, 5) is 0. The van der Waals surface area contributed by atoms with E-state index in [1.54, 1.807) is 16.9 Å². The summed E-state index contributed by atoms with van der Waals surface area (Å²) in [5.74, 6) is 0. The van der Waals surface area contributed by atoms with Crippen molar-refractivity contribution < 1.29 is 0 Å². The van der Waals surface area contributed by atoms with E-state index in [9.17, 15) is 0 Å². The molecule has 1 unspecified atom stereocenters. The monoisotopic (exact) mass is 298 g/mol. The topological polar surface area (TPSA) is 42.7 Å². The third kappa shape index (κ3) is 3.26. The molecule has 1 heterocycles. The lowest BCUT2D eigenvalue weighted by Crippen LogP contribution is -2.25. The van der Waals surface area contributed by atoms with Gasteiger partial charge in [0, 0.05) is 17.1 Å². The van der Waals surface area contributed by atoms with Gasteiger partial charge in [-0.3, -0.25) is 4.68 Å². The first-order chi connectivity index (χ1) is 9.13. The molecule has 0 aliphatic carbocycles. The Morgan fingerprint density at radius 3 is 2.79 bits per heavy atom. The fraction of sp³-hybridized carbons (Fsp3) is 0.385. The van der Waals surface area contributed by atoms with Crippen LogP contribution in [0.1, 0.15) is 30.6 Å². The lowest BCUT2D eigenvalue weighted by atomic mass is 10.0. The highest BCUT2D eigenvalue weighted by atomic mass is 35.5. The average molecular weight is 299 g/mol. The molecule has 0 aliphatic heterocycles. The molecule has 0 aliphatic rings. The molecule has 1 atom stereocenters. The Morgan fingerprint density at radius 2 is 2.16 bits per heavy atom. The average Bonchev–Trinajstić information content (AvgIpc) is 2.80. The predicted octanol–water partition coefficient (Wildman–Crippen LogP) is 3.21. The van der Waals surface area contributed by atoms with Crippen LogP contribution in [-0.4, -0.2) is 21.5 Å². The Kier molecular flexibility index (Phi) is 4.80. The highest BCUT2D eigenvalue weighted by molar-refractivity contribution is 6.33. The minimum absolute atomic E-state index is 0.0638. The fourth-order valence-electron chi connectivity index (χ4n) is 1.96. The second kappa shape index (κ2) is 6.37. The number of hydrogen-bond acceptors (Lipinski definition) is 3.